The van der Waals surface area contributed by atoms with Crippen molar-refractivity contribution in [3.05, 3.63) is 65.9 Å². The fraction of sp³-hybridized carbons (Fsp3) is 0. The minimum Gasteiger partial charge on any atom is -0.287 e. The number of benzene rings is 2. The molecule has 0 bridgehead atoms. The summed E-state index contributed by atoms with van der Waals surface area (Å²) in [6.07, 6.45) is 0. The van der Waals surface area contributed by atoms with Gasteiger partial charge in [0.1, 0.15) is 5.69 Å². The van der Waals surface area contributed by atoms with Crippen molar-refractivity contribution in [2.75, 3.05) is 0 Å². The number of hydrogen-bond donors (Lipinski definition) is 0. The summed E-state index contributed by atoms with van der Waals surface area (Å²) in [5, 5.41) is 0.743. The molecule has 98 valence electrons. The molecule has 1 aromatic heterocycles. The largest absolute Gasteiger partial charge is 0.287 e. The zero-order valence-electron chi connectivity index (χ0n) is 10.3. The first-order chi connectivity index (χ1) is 9.60. The second-order valence-corrected chi connectivity index (χ2v) is 6.44. The molecule has 0 radical (unpaired) electrons. The number of carbonyl (C=O) groups excluding carboxylic acids is 1. The van der Waals surface area contributed by atoms with Crippen molar-refractivity contribution in [2.24, 2.45) is 0 Å². The van der Waals surface area contributed by atoms with Crippen LogP contribution in [0.15, 0.2) is 59.5 Å². The van der Waals surface area contributed by atoms with Crippen LogP contribution in [-0.2, 0) is 10.0 Å². The lowest BCUT2D eigenvalue weighted by Crippen LogP contribution is -2.26. The molecule has 0 fully saturated rings. The highest BCUT2D eigenvalue weighted by Crippen LogP contribution is 2.33. The van der Waals surface area contributed by atoms with Crippen molar-refractivity contribution >= 4 is 26.7 Å². The molecule has 0 aliphatic carbocycles. The molecule has 4 nitrogen and oxygen atoms in total. The summed E-state index contributed by atoms with van der Waals surface area (Å²) in [4.78, 5) is 12.5. The van der Waals surface area contributed by atoms with E-state index in [9.17, 15) is 13.2 Å². The molecule has 0 saturated carbocycles. The van der Waals surface area contributed by atoms with Crippen LogP contribution in [0, 0.1) is 0 Å². The van der Waals surface area contributed by atoms with Crippen molar-refractivity contribution in [3.63, 3.8) is 0 Å². The van der Waals surface area contributed by atoms with Gasteiger partial charge in [-0.25, -0.2) is 12.4 Å². The van der Waals surface area contributed by atoms with Crippen LogP contribution in [-0.4, -0.2) is 18.2 Å². The van der Waals surface area contributed by atoms with Gasteiger partial charge in [0.15, 0.2) is 0 Å². The second-order valence-electron chi connectivity index (χ2n) is 4.68. The quantitative estimate of drug-likeness (QED) is 0.498. The highest BCUT2D eigenvalue weighted by Gasteiger charge is 2.35. The van der Waals surface area contributed by atoms with Crippen LogP contribution in [0.25, 0.3) is 10.9 Å². The van der Waals surface area contributed by atoms with Gasteiger partial charge in [-0.05, 0) is 24.3 Å². The number of rotatable bonds is 0. The molecule has 4 rings (SSSR count). The van der Waals surface area contributed by atoms with Crippen molar-refractivity contribution < 1.29 is 13.2 Å². The van der Waals surface area contributed by atoms with Crippen LogP contribution < -0.4 is 0 Å². The van der Waals surface area contributed by atoms with E-state index in [1.54, 1.807) is 42.5 Å². The van der Waals surface area contributed by atoms with E-state index in [-0.39, 0.29) is 21.9 Å². The Balaban J connectivity index is 2.23. The Morgan fingerprint density at radius 1 is 0.900 bits per heavy atom. The molecular weight excluding hydrogens is 274 g/mol. The molecule has 1 aliphatic rings. The van der Waals surface area contributed by atoms with Gasteiger partial charge in [0.2, 0.25) is 5.78 Å². The lowest BCUT2D eigenvalue weighted by Gasteiger charge is -2.18. The third-order valence-electron chi connectivity index (χ3n) is 3.55. The van der Waals surface area contributed by atoms with E-state index in [1.807, 2.05) is 6.07 Å². The van der Waals surface area contributed by atoms with Crippen molar-refractivity contribution in [3.8, 4) is 0 Å². The van der Waals surface area contributed by atoms with E-state index in [4.69, 9.17) is 0 Å². The maximum absolute atomic E-state index is 12.7. The third-order valence-corrected chi connectivity index (χ3v) is 5.34. The predicted octanol–water partition coefficient (Wildman–Crippen LogP) is 2.42. The molecule has 1 aliphatic heterocycles. The highest BCUT2D eigenvalue weighted by atomic mass is 32.2. The Bertz CT molecular complexity index is 983. The van der Waals surface area contributed by atoms with E-state index in [2.05, 4.69) is 0 Å². The van der Waals surface area contributed by atoms with Gasteiger partial charge in [-0.3, -0.25) is 4.79 Å². The van der Waals surface area contributed by atoms with Crippen LogP contribution in [0.2, 0.25) is 0 Å². The smallest absolute Gasteiger partial charge is 0.269 e. The number of carbonyl (C=O) groups is 1. The minimum absolute atomic E-state index is 0.0684. The van der Waals surface area contributed by atoms with Gasteiger partial charge >= 0.3 is 0 Å². The molecule has 2 aromatic carbocycles. The lowest BCUT2D eigenvalue weighted by molar-refractivity contribution is 0.102. The molecule has 0 spiro atoms. The summed E-state index contributed by atoms with van der Waals surface area (Å²) in [6, 6.07) is 15.0. The van der Waals surface area contributed by atoms with Crippen LogP contribution >= 0.6 is 0 Å². The molecule has 0 amide bonds. The van der Waals surface area contributed by atoms with Gasteiger partial charge < -0.3 is 0 Å². The first-order valence-corrected chi connectivity index (χ1v) is 7.54. The Hall–Kier alpha value is -2.40. The van der Waals surface area contributed by atoms with Crippen LogP contribution in [0.3, 0.4) is 0 Å². The number of ketones is 1. The Morgan fingerprint density at radius 3 is 2.45 bits per heavy atom. The summed E-state index contributed by atoms with van der Waals surface area (Å²) in [5.41, 5.74) is 0.970. The average molecular weight is 283 g/mol. The zero-order valence-corrected chi connectivity index (χ0v) is 11.1. The van der Waals surface area contributed by atoms with Crippen molar-refractivity contribution in [1.82, 2.24) is 3.97 Å². The standard InChI is InChI=1S/C15H9NO3S/c17-15-11-6-2-4-8-14(11)20(18,19)16-12-7-3-1-5-10(12)9-13(15)16/h1-9H. The molecule has 0 unspecified atom stereocenters. The van der Waals surface area contributed by atoms with Gasteiger partial charge in [0.05, 0.1) is 10.4 Å². The number of aromatic nitrogens is 1. The fourth-order valence-corrected chi connectivity index (χ4v) is 4.37. The number of para-hydroxylation sites is 1. The Morgan fingerprint density at radius 2 is 1.60 bits per heavy atom. The number of fused-ring (bicyclic) bond motifs is 4. The topological polar surface area (TPSA) is 56.1 Å². The second kappa shape index (κ2) is 3.58. The monoisotopic (exact) mass is 283 g/mol. The molecule has 3 aromatic rings. The summed E-state index contributed by atoms with van der Waals surface area (Å²) < 4.78 is 26.6. The SMILES string of the molecule is O=C1c2ccccc2S(=O)(=O)n2c1cc1ccccc12. The third kappa shape index (κ3) is 1.25. The first-order valence-electron chi connectivity index (χ1n) is 6.10. The zero-order chi connectivity index (χ0) is 13.9. The van der Waals surface area contributed by atoms with Crippen LogP contribution in [0.4, 0.5) is 0 Å². The van der Waals surface area contributed by atoms with Gasteiger partial charge in [0.25, 0.3) is 10.0 Å². The van der Waals surface area contributed by atoms with Crippen molar-refractivity contribution in [1.29, 1.82) is 0 Å². The predicted molar refractivity (Wildman–Crippen MR) is 74.4 cm³/mol. The molecule has 2 heterocycles. The summed E-state index contributed by atoms with van der Waals surface area (Å²) >= 11 is 0. The van der Waals surface area contributed by atoms with Crippen LogP contribution in [0.1, 0.15) is 16.1 Å². The summed E-state index contributed by atoms with van der Waals surface area (Å²) in [6.45, 7) is 0. The maximum atomic E-state index is 12.7. The van der Waals surface area contributed by atoms with Gasteiger partial charge in [-0.2, -0.15) is 0 Å². The molecule has 0 N–H and O–H groups in total. The number of hydrogen-bond acceptors (Lipinski definition) is 3. The van der Waals surface area contributed by atoms with E-state index in [1.165, 1.54) is 6.07 Å². The van der Waals surface area contributed by atoms with E-state index < -0.39 is 10.0 Å². The van der Waals surface area contributed by atoms with Gasteiger partial charge in [-0.15, -0.1) is 0 Å². The lowest BCUT2D eigenvalue weighted by atomic mass is 10.1. The normalized spacial score (nSPS) is 15.9. The summed E-state index contributed by atoms with van der Waals surface area (Å²) in [5.74, 6) is -0.258. The molecule has 5 heteroatoms. The Labute approximate surface area is 115 Å². The van der Waals surface area contributed by atoms with Gasteiger partial charge in [-0.1, -0.05) is 30.3 Å². The van der Waals surface area contributed by atoms with E-state index >= 15 is 0 Å². The van der Waals surface area contributed by atoms with Crippen LogP contribution in [0.5, 0.6) is 0 Å². The maximum Gasteiger partial charge on any atom is 0.269 e. The first kappa shape index (κ1) is 11.4. The number of nitrogens with zero attached hydrogens (tertiary/aromatic N) is 1. The molecule has 0 atom stereocenters. The van der Waals surface area contributed by atoms with Gasteiger partial charge in [0, 0.05) is 10.9 Å². The molecule has 20 heavy (non-hydrogen) atoms. The summed E-state index contributed by atoms with van der Waals surface area (Å²) in [7, 11) is -3.72. The molecular formula is C15H9NO3S. The fourth-order valence-electron chi connectivity index (χ4n) is 2.66. The van der Waals surface area contributed by atoms with E-state index in [0.717, 1.165) is 9.36 Å². The minimum atomic E-state index is -3.72. The van der Waals surface area contributed by atoms with Crippen molar-refractivity contribution in [2.45, 2.75) is 4.90 Å². The average Bonchev–Trinajstić information content (AvgIpc) is 2.86. The Kier molecular flexibility index (Phi) is 2.04. The highest BCUT2D eigenvalue weighted by molar-refractivity contribution is 7.90. The molecule has 0 saturated heterocycles. The van der Waals surface area contributed by atoms with E-state index in [0.29, 0.717) is 5.52 Å².